The number of carbonyl (C=O) groups is 1. The summed E-state index contributed by atoms with van der Waals surface area (Å²) >= 11 is 1.69. The second kappa shape index (κ2) is 9.02. The van der Waals surface area contributed by atoms with Crippen molar-refractivity contribution in [1.29, 1.82) is 0 Å². The number of nitrogens with zero attached hydrogens (tertiary/aromatic N) is 3. The van der Waals surface area contributed by atoms with E-state index in [0.717, 1.165) is 22.5 Å². The van der Waals surface area contributed by atoms with Gasteiger partial charge in [-0.15, -0.1) is 11.3 Å². The third-order valence-electron chi connectivity index (χ3n) is 5.25. The molecule has 4 rings (SSSR count). The molecule has 1 aliphatic rings. The van der Waals surface area contributed by atoms with Crippen molar-refractivity contribution in [2.24, 2.45) is 5.92 Å². The molecule has 154 valence electrons. The Morgan fingerprint density at radius 2 is 2.31 bits per heavy atom. The minimum Gasteiger partial charge on any atom is -0.383 e. The Balaban J connectivity index is 1.36. The van der Waals surface area contributed by atoms with Gasteiger partial charge in [0.05, 0.1) is 46.6 Å². The predicted molar refractivity (Wildman–Crippen MR) is 112 cm³/mol. The quantitative estimate of drug-likeness (QED) is 0.613. The summed E-state index contributed by atoms with van der Waals surface area (Å²) in [6.07, 6.45) is 4.20. The van der Waals surface area contributed by atoms with Crippen LogP contribution >= 0.6 is 11.3 Å². The van der Waals surface area contributed by atoms with Crippen molar-refractivity contribution in [2.45, 2.75) is 31.9 Å². The number of methoxy groups -OCH3 is 1. The molecule has 1 N–H and O–H groups in total. The van der Waals surface area contributed by atoms with Crippen molar-refractivity contribution in [3.05, 3.63) is 47.2 Å². The highest BCUT2D eigenvalue weighted by Gasteiger charge is 2.36. The molecule has 1 fully saturated rings. The summed E-state index contributed by atoms with van der Waals surface area (Å²) in [5.41, 5.74) is 1.96. The smallest absolute Gasteiger partial charge is 0.226 e. The molecule has 1 unspecified atom stereocenters. The molecule has 0 bridgehead atoms. The fourth-order valence-electron chi connectivity index (χ4n) is 3.59. The number of hydrogen-bond donors (Lipinski definition) is 1. The zero-order chi connectivity index (χ0) is 20.2. The molecule has 8 heteroatoms. The maximum Gasteiger partial charge on any atom is 0.226 e. The van der Waals surface area contributed by atoms with Gasteiger partial charge in [0, 0.05) is 37.9 Å². The predicted octanol–water partition coefficient (Wildman–Crippen LogP) is 3.14. The van der Waals surface area contributed by atoms with Crippen LogP contribution in [0.5, 0.6) is 0 Å². The van der Waals surface area contributed by atoms with Gasteiger partial charge in [-0.1, -0.05) is 19.1 Å². The summed E-state index contributed by atoms with van der Waals surface area (Å²) < 4.78 is 14.0. The minimum absolute atomic E-state index is 0.0325. The highest BCUT2D eigenvalue weighted by atomic mass is 32.1. The van der Waals surface area contributed by atoms with Gasteiger partial charge in [0.1, 0.15) is 0 Å². The number of amides is 1. The molecular weight excluding hydrogens is 388 g/mol. The van der Waals surface area contributed by atoms with E-state index in [-0.39, 0.29) is 23.8 Å². The normalized spacial score (nSPS) is 20.2. The molecular formula is C21H26N4O3S. The van der Waals surface area contributed by atoms with Crippen LogP contribution in [0.4, 0.5) is 0 Å². The van der Waals surface area contributed by atoms with Gasteiger partial charge < -0.3 is 14.8 Å². The number of benzene rings is 1. The van der Waals surface area contributed by atoms with Crippen LogP contribution in [-0.2, 0) is 20.8 Å². The monoisotopic (exact) mass is 414 g/mol. The zero-order valence-corrected chi connectivity index (χ0v) is 17.5. The standard InChI is InChI=1S/C21H26N4O3S/c1-14(21-24-17-5-3-4-6-18(17)29-21)11-22-20(26)16-7-9-28-19(16)15-12-23-25(13-15)8-10-27-2/h3-6,12-14,16,19H,7-11H2,1-2H3,(H,22,26)/t14?,16-,19+/m0/s1. The first-order chi connectivity index (χ1) is 14.2. The Morgan fingerprint density at radius 1 is 1.45 bits per heavy atom. The Morgan fingerprint density at radius 3 is 3.14 bits per heavy atom. The summed E-state index contributed by atoms with van der Waals surface area (Å²) in [5.74, 6) is -0.00309. The van der Waals surface area contributed by atoms with Gasteiger partial charge >= 0.3 is 0 Å². The first-order valence-electron chi connectivity index (χ1n) is 9.91. The van der Waals surface area contributed by atoms with E-state index in [4.69, 9.17) is 14.5 Å². The molecule has 0 radical (unpaired) electrons. The van der Waals surface area contributed by atoms with E-state index in [1.54, 1.807) is 24.6 Å². The molecule has 1 aliphatic heterocycles. The van der Waals surface area contributed by atoms with Gasteiger partial charge in [-0.05, 0) is 18.6 Å². The van der Waals surface area contributed by atoms with Crippen LogP contribution in [0.2, 0.25) is 0 Å². The van der Waals surface area contributed by atoms with Crippen molar-refractivity contribution >= 4 is 27.5 Å². The van der Waals surface area contributed by atoms with Gasteiger partial charge in [-0.25, -0.2) is 4.98 Å². The van der Waals surface area contributed by atoms with Crippen molar-refractivity contribution in [2.75, 3.05) is 26.9 Å². The molecule has 2 aromatic heterocycles. The number of ether oxygens (including phenoxy) is 2. The van der Waals surface area contributed by atoms with Crippen molar-refractivity contribution < 1.29 is 14.3 Å². The van der Waals surface area contributed by atoms with E-state index in [9.17, 15) is 4.79 Å². The largest absolute Gasteiger partial charge is 0.383 e. The van der Waals surface area contributed by atoms with Gasteiger partial charge in [0.2, 0.25) is 5.91 Å². The molecule has 3 heterocycles. The number of aromatic nitrogens is 3. The molecule has 29 heavy (non-hydrogen) atoms. The molecule has 7 nitrogen and oxygen atoms in total. The molecule has 3 aromatic rings. The third-order valence-corrected chi connectivity index (χ3v) is 6.52. The fourth-order valence-corrected chi connectivity index (χ4v) is 4.61. The van der Waals surface area contributed by atoms with Crippen LogP contribution in [0, 0.1) is 5.92 Å². The van der Waals surface area contributed by atoms with Crippen LogP contribution in [0.3, 0.4) is 0 Å². The summed E-state index contributed by atoms with van der Waals surface area (Å²) in [7, 11) is 1.67. The lowest BCUT2D eigenvalue weighted by Crippen LogP contribution is -2.34. The lowest BCUT2D eigenvalue weighted by Gasteiger charge is -2.18. The third kappa shape index (κ3) is 4.49. The van der Waals surface area contributed by atoms with Gasteiger partial charge in [-0.2, -0.15) is 5.10 Å². The summed E-state index contributed by atoms with van der Waals surface area (Å²) in [4.78, 5) is 17.6. The minimum atomic E-state index is -0.246. The second-order valence-corrected chi connectivity index (χ2v) is 8.44. The lowest BCUT2D eigenvalue weighted by atomic mass is 9.96. The highest BCUT2D eigenvalue weighted by molar-refractivity contribution is 7.18. The van der Waals surface area contributed by atoms with E-state index in [2.05, 4.69) is 23.4 Å². The SMILES string of the molecule is COCCn1cc([C@H]2OCC[C@@H]2C(=O)NCC(C)c2nc3ccccc3s2)cn1. The van der Waals surface area contributed by atoms with E-state index < -0.39 is 0 Å². The van der Waals surface area contributed by atoms with Gasteiger partial charge in [0.25, 0.3) is 0 Å². The number of rotatable bonds is 8. The van der Waals surface area contributed by atoms with Crippen LogP contribution in [0.25, 0.3) is 10.2 Å². The molecule has 1 saturated heterocycles. The summed E-state index contributed by atoms with van der Waals surface area (Å²) in [5, 5.41) is 8.50. The summed E-state index contributed by atoms with van der Waals surface area (Å²) in [6, 6.07) is 8.12. The number of para-hydroxylation sites is 1. The zero-order valence-electron chi connectivity index (χ0n) is 16.7. The summed E-state index contributed by atoms with van der Waals surface area (Å²) in [6.45, 7) is 4.52. The first kappa shape index (κ1) is 20.0. The Labute approximate surface area is 174 Å². The molecule has 0 aliphatic carbocycles. The lowest BCUT2D eigenvalue weighted by molar-refractivity contribution is -0.126. The van der Waals surface area contributed by atoms with Crippen molar-refractivity contribution in [1.82, 2.24) is 20.1 Å². The average molecular weight is 415 g/mol. The number of hydrogen-bond acceptors (Lipinski definition) is 6. The highest BCUT2D eigenvalue weighted by Crippen LogP contribution is 2.34. The molecule has 3 atom stereocenters. The fraction of sp³-hybridized carbons (Fsp3) is 0.476. The van der Waals surface area contributed by atoms with Crippen LogP contribution < -0.4 is 5.32 Å². The molecule has 1 amide bonds. The average Bonchev–Trinajstić information content (AvgIpc) is 3.48. The van der Waals surface area contributed by atoms with Crippen LogP contribution in [0.1, 0.15) is 35.9 Å². The molecule has 0 spiro atoms. The number of carbonyl (C=O) groups excluding carboxylic acids is 1. The second-order valence-electron chi connectivity index (χ2n) is 7.38. The van der Waals surface area contributed by atoms with E-state index in [1.165, 1.54) is 4.70 Å². The van der Waals surface area contributed by atoms with E-state index in [0.29, 0.717) is 26.3 Å². The first-order valence-corrected chi connectivity index (χ1v) is 10.7. The maximum absolute atomic E-state index is 12.9. The van der Waals surface area contributed by atoms with Crippen molar-refractivity contribution in [3.8, 4) is 0 Å². The van der Waals surface area contributed by atoms with Crippen LogP contribution in [-0.4, -0.2) is 47.5 Å². The number of nitrogens with one attached hydrogen (secondary N) is 1. The van der Waals surface area contributed by atoms with Crippen LogP contribution in [0.15, 0.2) is 36.7 Å². The van der Waals surface area contributed by atoms with E-state index >= 15 is 0 Å². The van der Waals surface area contributed by atoms with Gasteiger partial charge in [0.15, 0.2) is 0 Å². The van der Waals surface area contributed by atoms with E-state index in [1.807, 2.05) is 29.1 Å². The topological polar surface area (TPSA) is 78.3 Å². The van der Waals surface area contributed by atoms with Crippen molar-refractivity contribution in [3.63, 3.8) is 0 Å². The molecule has 1 aromatic carbocycles. The Bertz CT molecular complexity index is 937. The number of thiazole rings is 1. The molecule has 0 saturated carbocycles. The Hall–Kier alpha value is -2.29. The number of fused-ring (bicyclic) bond motifs is 1. The van der Waals surface area contributed by atoms with Gasteiger partial charge in [-0.3, -0.25) is 9.48 Å². The Kier molecular flexibility index (Phi) is 6.22. The maximum atomic E-state index is 12.9.